The number of aromatic nitrogens is 1. The van der Waals surface area contributed by atoms with Crippen LogP contribution in [0.25, 0.3) is 53.2 Å². The van der Waals surface area contributed by atoms with Crippen molar-refractivity contribution in [3.63, 3.8) is 0 Å². The van der Waals surface area contributed by atoms with E-state index in [1.165, 1.54) is 47.5 Å². The van der Waals surface area contributed by atoms with Crippen LogP contribution in [0.2, 0.25) is 0 Å². The van der Waals surface area contributed by atoms with Gasteiger partial charge in [-0.1, -0.05) is 58.9 Å². The Hall–Kier alpha value is -3.17. The van der Waals surface area contributed by atoms with E-state index >= 15 is 0 Å². The first kappa shape index (κ1) is 21.4. The average molecular weight is 464 g/mol. The maximum absolute atomic E-state index is 6.41. The Balaban J connectivity index is 1.63. The molecule has 3 aromatic carbocycles. The molecule has 0 amide bonds. The highest BCUT2D eigenvalue weighted by atomic mass is 32.1. The Bertz CT molecular complexity index is 1690. The van der Waals surface area contributed by atoms with Crippen LogP contribution in [0.5, 0.6) is 0 Å². The summed E-state index contributed by atoms with van der Waals surface area (Å²) in [6.45, 7) is 11.3. The smallest absolute Gasteiger partial charge is 0.143 e. The van der Waals surface area contributed by atoms with Gasteiger partial charge in [0.25, 0.3) is 0 Å². The number of fused-ring (bicyclic) bond motifs is 6. The summed E-state index contributed by atoms with van der Waals surface area (Å²) in [4.78, 5) is 4.91. The van der Waals surface area contributed by atoms with Crippen LogP contribution in [0.4, 0.5) is 0 Å². The molecule has 0 bridgehead atoms. The van der Waals surface area contributed by atoms with Crippen molar-refractivity contribution in [1.82, 2.24) is 4.98 Å². The second-order valence-corrected chi connectivity index (χ2v) is 11.9. The molecule has 0 aliphatic carbocycles. The molecule has 0 saturated heterocycles. The van der Waals surface area contributed by atoms with Crippen molar-refractivity contribution < 1.29 is 4.42 Å². The quantitative estimate of drug-likeness (QED) is 0.261. The fourth-order valence-electron chi connectivity index (χ4n) is 5.11. The lowest BCUT2D eigenvalue weighted by molar-refractivity contribution is 0.501. The molecule has 0 unspecified atom stereocenters. The van der Waals surface area contributed by atoms with E-state index < -0.39 is 0 Å². The molecule has 3 heterocycles. The third-order valence-corrected chi connectivity index (χ3v) is 7.82. The summed E-state index contributed by atoms with van der Waals surface area (Å²) in [6, 6.07) is 22.1. The molecule has 3 heteroatoms. The van der Waals surface area contributed by atoms with Crippen molar-refractivity contribution in [2.24, 2.45) is 5.92 Å². The molecule has 2 nitrogen and oxygen atoms in total. The number of nitrogens with zero attached hydrogens (tertiary/aromatic N) is 1. The van der Waals surface area contributed by atoms with Gasteiger partial charge >= 0.3 is 0 Å². The van der Waals surface area contributed by atoms with Crippen LogP contribution < -0.4 is 0 Å². The first-order valence-corrected chi connectivity index (χ1v) is 12.9. The highest BCUT2D eigenvalue weighted by Crippen LogP contribution is 2.44. The van der Waals surface area contributed by atoms with E-state index in [0.29, 0.717) is 5.92 Å². The number of hydrogen-bond acceptors (Lipinski definition) is 3. The Labute approximate surface area is 204 Å². The minimum atomic E-state index is 0.0385. The van der Waals surface area contributed by atoms with Crippen molar-refractivity contribution in [1.29, 1.82) is 0 Å². The van der Waals surface area contributed by atoms with Crippen LogP contribution >= 0.6 is 11.3 Å². The zero-order valence-electron chi connectivity index (χ0n) is 20.4. The molecule has 0 aliphatic rings. The zero-order valence-corrected chi connectivity index (χ0v) is 21.2. The Kier molecular flexibility index (Phi) is 4.82. The topological polar surface area (TPSA) is 26.0 Å². The molecule has 0 saturated carbocycles. The van der Waals surface area contributed by atoms with Crippen molar-refractivity contribution in [3.05, 3.63) is 78.2 Å². The summed E-state index contributed by atoms with van der Waals surface area (Å²) in [6.07, 6.45) is 2.91. The fourth-order valence-corrected chi connectivity index (χ4v) is 6.32. The second-order valence-electron chi connectivity index (χ2n) is 10.8. The summed E-state index contributed by atoms with van der Waals surface area (Å²) >= 11 is 1.82. The van der Waals surface area contributed by atoms with Crippen LogP contribution in [0.1, 0.15) is 45.9 Å². The predicted octanol–water partition coefficient (Wildman–Crippen LogP) is 9.51. The van der Waals surface area contributed by atoms with Crippen molar-refractivity contribution in [3.8, 4) is 11.3 Å². The molecule has 6 rings (SSSR count). The van der Waals surface area contributed by atoms with Crippen LogP contribution in [0.3, 0.4) is 0 Å². The van der Waals surface area contributed by atoms with Gasteiger partial charge < -0.3 is 4.42 Å². The molecule has 3 aromatic heterocycles. The molecule has 0 spiro atoms. The summed E-state index contributed by atoms with van der Waals surface area (Å²) in [5.41, 5.74) is 4.63. The average Bonchev–Trinajstić information content (AvgIpc) is 3.37. The van der Waals surface area contributed by atoms with Crippen LogP contribution in [-0.4, -0.2) is 4.98 Å². The molecule has 0 aliphatic heterocycles. The molecule has 34 heavy (non-hydrogen) atoms. The van der Waals surface area contributed by atoms with Gasteiger partial charge in [0, 0.05) is 39.0 Å². The third-order valence-electron chi connectivity index (χ3n) is 6.64. The Morgan fingerprint density at radius 2 is 1.74 bits per heavy atom. The van der Waals surface area contributed by atoms with Gasteiger partial charge in [-0.25, -0.2) is 0 Å². The van der Waals surface area contributed by atoms with E-state index in [4.69, 9.17) is 9.40 Å². The van der Waals surface area contributed by atoms with Crippen molar-refractivity contribution >= 4 is 53.3 Å². The largest absolute Gasteiger partial charge is 0.460 e. The van der Waals surface area contributed by atoms with Gasteiger partial charge in [0.1, 0.15) is 11.3 Å². The number of hydrogen-bond donors (Lipinski definition) is 0. The van der Waals surface area contributed by atoms with Crippen LogP contribution in [-0.2, 0) is 11.8 Å². The molecule has 0 N–H and O–H groups in total. The standard InChI is InChI=1S/C31H29NOS/c1-18(2)14-22-16-20-10-11-26-27(29(20)33-22)24-12-13-32-28(30(24)34-26)21-15-19-8-6-7-9-23(19)25(17-21)31(3,4)5/h6-13,15-18H,14H2,1-5H3. The van der Waals surface area contributed by atoms with E-state index in [1.807, 2.05) is 17.5 Å². The minimum Gasteiger partial charge on any atom is -0.460 e. The third kappa shape index (κ3) is 3.42. The second kappa shape index (κ2) is 7.68. The van der Waals surface area contributed by atoms with E-state index in [2.05, 4.69) is 95.3 Å². The maximum Gasteiger partial charge on any atom is 0.143 e. The summed E-state index contributed by atoms with van der Waals surface area (Å²) in [5, 5.41) is 6.20. The van der Waals surface area contributed by atoms with Gasteiger partial charge in [-0.2, -0.15) is 0 Å². The highest BCUT2D eigenvalue weighted by molar-refractivity contribution is 7.26. The van der Waals surface area contributed by atoms with Gasteiger partial charge in [0.2, 0.25) is 0 Å². The molecular weight excluding hydrogens is 434 g/mol. The number of rotatable bonds is 3. The SMILES string of the molecule is CC(C)Cc1cc2ccc3sc4c(-c5cc(C(C)(C)C)c6ccccc6c5)nccc4c3c2o1. The van der Waals surface area contributed by atoms with Gasteiger partial charge in [-0.05, 0) is 64.1 Å². The maximum atomic E-state index is 6.41. The molecular formula is C31H29NOS. The molecule has 170 valence electrons. The summed E-state index contributed by atoms with van der Waals surface area (Å²) in [5.74, 6) is 1.63. The first-order valence-electron chi connectivity index (χ1n) is 12.1. The van der Waals surface area contributed by atoms with Gasteiger partial charge in [-0.3, -0.25) is 4.98 Å². The first-order chi connectivity index (χ1) is 16.3. The van der Waals surface area contributed by atoms with E-state index in [0.717, 1.165) is 23.5 Å². The molecule has 0 fully saturated rings. The Morgan fingerprint density at radius 1 is 0.912 bits per heavy atom. The van der Waals surface area contributed by atoms with E-state index in [-0.39, 0.29) is 5.41 Å². The number of thiophene rings is 1. The van der Waals surface area contributed by atoms with Gasteiger partial charge in [0.15, 0.2) is 0 Å². The van der Waals surface area contributed by atoms with E-state index in [1.54, 1.807) is 0 Å². The zero-order chi connectivity index (χ0) is 23.6. The number of benzene rings is 3. The summed E-state index contributed by atoms with van der Waals surface area (Å²) < 4.78 is 8.89. The normalized spacial score (nSPS) is 12.6. The van der Waals surface area contributed by atoms with E-state index in [9.17, 15) is 0 Å². The number of furan rings is 1. The molecule has 0 atom stereocenters. The Morgan fingerprint density at radius 3 is 2.53 bits per heavy atom. The van der Waals surface area contributed by atoms with Gasteiger partial charge in [-0.15, -0.1) is 11.3 Å². The van der Waals surface area contributed by atoms with Crippen LogP contribution in [0.15, 0.2) is 71.3 Å². The monoisotopic (exact) mass is 463 g/mol. The lowest BCUT2D eigenvalue weighted by Crippen LogP contribution is -2.12. The summed E-state index contributed by atoms with van der Waals surface area (Å²) in [7, 11) is 0. The molecule has 6 aromatic rings. The minimum absolute atomic E-state index is 0.0385. The number of pyridine rings is 1. The highest BCUT2D eigenvalue weighted by Gasteiger charge is 2.21. The lowest BCUT2D eigenvalue weighted by Gasteiger charge is -2.22. The van der Waals surface area contributed by atoms with Crippen LogP contribution in [0, 0.1) is 5.92 Å². The fraction of sp³-hybridized carbons (Fsp3) is 0.258. The van der Waals surface area contributed by atoms with Gasteiger partial charge in [0.05, 0.1) is 10.4 Å². The van der Waals surface area contributed by atoms with Crippen molar-refractivity contribution in [2.45, 2.75) is 46.5 Å². The molecule has 0 radical (unpaired) electrons. The van der Waals surface area contributed by atoms with Crippen molar-refractivity contribution in [2.75, 3.05) is 0 Å². The lowest BCUT2D eigenvalue weighted by atomic mass is 9.82. The predicted molar refractivity (Wildman–Crippen MR) is 147 cm³/mol.